The van der Waals surface area contributed by atoms with E-state index in [9.17, 15) is 20.7 Å². The number of hydrogen-bond acceptors (Lipinski definition) is 4. The maximum Gasteiger partial charge on any atom is 0.316 e. The zero-order chi connectivity index (χ0) is 11.3. The number of rotatable bonds is 3. The van der Waals surface area contributed by atoms with Crippen molar-refractivity contribution < 1.29 is 20.7 Å². The van der Waals surface area contributed by atoms with Crippen molar-refractivity contribution in [1.82, 2.24) is 0 Å². The van der Waals surface area contributed by atoms with E-state index in [-0.39, 0.29) is 0 Å². The summed E-state index contributed by atoms with van der Waals surface area (Å²) in [4.78, 5) is 0. The lowest BCUT2D eigenvalue weighted by molar-refractivity contribution is 0.553. The van der Waals surface area contributed by atoms with E-state index in [1.165, 1.54) is 0 Å². The molecule has 7 heteroatoms. The first-order valence-corrected chi connectivity index (χ1v) is 7.30. The van der Waals surface area contributed by atoms with Gasteiger partial charge in [-0.05, 0) is 11.1 Å². The zero-order valence-electron chi connectivity index (χ0n) is 7.42. The van der Waals surface area contributed by atoms with E-state index >= 15 is 0 Å². The Balaban J connectivity index is 2.35. The minimum absolute atomic E-state index is 0.494. The summed E-state index contributed by atoms with van der Waals surface area (Å²) in [6.45, 7) is 0. The highest BCUT2D eigenvalue weighted by Gasteiger charge is 2.38. The van der Waals surface area contributed by atoms with Crippen LogP contribution in [0.15, 0.2) is 35.5 Å². The molecule has 0 N–H and O–H groups in total. The summed E-state index contributed by atoms with van der Waals surface area (Å²) in [6.07, 6.45) is 6.34. The van der Waals surface area contributed by atoms with E-state index < -0.39 is 30.4 Å². The topological polar surface area (TPSA) is 68.3 Å². The monoisotopic (exact) mass is 250 g/mol. The minimum Gasteiger partial charge on any atom is -0.227 e. The van der Waals surface area contributed by atoms with Crippen LogP contribution >= 0.6 is 0 Å². The van der Waals surface area contributed by atoms with Gasteiger partial charge in [0.1, 0.15) is 5.25 Å². The molecule has 0 atom stereocenters. The fraction of sp³-hybridized carbons (Fsp3) is 0.250. The Labute approximate surface area is 86.9 Å². The normalized spacial score (nSPS) is 20.6. The molecule has 2 aliphatic carbocycles. The van der Waals surface area contributed by atoms with Crippen molar-refractivity contribution in [2.24, 2.45) is 0 Å². The van der Waals surface area contributed by atoms with Crippen molar-refractivity contribution >= 4 is 20.1 Å². The van der Waals surface area contributed by atoms with Crippen LogP contribution in [0.1, 0.15) is 0 Å². The van der Waals surface area contributed by atoms with Crippen molar-refractivity contribution in [1.29, 1.82) is 0 Å². The Morgan fingerprint density at radius 2 is 1.53 bits per heavy atom. The average Bonchev–Trinajstić information content (AvgIpc) is 2.56. The summed E-state index contributed by atoms with van der Waals surface area (Å²) in [5.74, 6) is 0. The van der Waals surface area contributed by atoms with Crippen LogP contribution in [0.4, 0.5) is 3.89 Å². The SMILES string of the molecule is O=S(=O)(F)CS(=O)(=O)C1C2=CC=C1C=C2. The molecule has 2 aliphatic rings. The molecule has 0 saturated heterocycles. The average molecular weight is 250 g/mol. The van der Waals surface area contributed by atoms with E-state index in [0.29, 0.717) is 11.1 Å². The highest BCUT2D eigenvalue weighted by molar-refractivity contribution is 8.06. The van der Waals surface area contributed by atoms with Gasteiger partial charge in [-0.3, -0.25) is 0 Å². The van der Waals surface area contributed by atoms with Crippen LogP contribution in [0.25, 0.3) is 0 Å². The fourth-order valence-electron chi connectivity index (χ4n) is 1.72. The third kappa shape index (κ3) is 1.89. The zero-order valence-corrected chi connectivity index (χ0v) is 9.05. The fourth-order valence-corrected chi connectivity index (χ4v) is 4.97. The summed E-state index contributed by atoms with van der Waals surface area (Å²) >= 11 is 0. The summed E-state index contributed by atoms with van der Waals surface area (Å²) in [7, 11) is -9.02. The number of sulfone groups is 1. The largest absolute Gasteiger partial charge is 0.316 e. The van der Waals surface area contributed by atoms with Crippen LogP contribution < -0.4 is 0 Å². The third-order valence-corrected chi connectivity index (χ3v) is 5.91. The first-order chi connectivity index (χ1) is 6.80. The molecule has 2 rings (SSSR count). The van der Waals surface area contributed by atoms with Crippen molar-refractivity contribution in [3.63, 3.8) is 0 Å². The molecular weight excluding hydrogens is 243 g/mol. The summed E-state index contributed by atoms with van der Waals surface area (Å²) in [5.41, 5.74) is 0.988. The molecule has 0 aromatic carbocycles. The molecule has 0 fully saturated rings. The summed E-state index contributed by atoms with van der Waals surface area (Å²) in [5, 5.41) is -2.45. The lowest BCUT2D eigenvalue weighted by Gasteiger charge is -2.09. The van der Waals surface area contributed by atoms with E-state index in [4.69, 9.17) is 0 Å². The van der Waals surface area contributed by atoms with Gasteiger partial charge in [0.05, 0.1) is 0 Å². The Morgan fingerprint density at radius 1 is 1.07 bits per heavy atom. The molecule has 0 heterocycles. The van der Waals surface area contributed by atoms with E-state index in [2.05, 4.69) is 0 Å². The molecule has 0 radical (unpaired) electrons. The standard InChI is InChI=1S/C8H7FO4S2/c9-15(12,13)5-14(10,11)8-6-1-2-7(8)4-3-6/h1-4,8H,5H2. The lowest BCUT2D eigenvalue weighted by atomic mass is 10.3. The first-order valence-electron chi connectivity index (χ1n) is 4.03. The second-order valence-corrected chi connectivity index (χ2v) is 7.18. The Hall–Kier alpha value is -0.950. The van der Waals surface area contributed by atoms with E-state index in [1.54, 1.807) is 24.3 Å². The molecule has 15 heavy (non-hydrogen) atoms. The number of fused-ring (bicyclic) bond motifs is 2. The Bertz CT molecular complexity index is 571. The van der Waals surface area contributed by atoms with Gasteiger partial charge >= 0.3 is 10.2 Å². The van der Waals surface area contributed by atoms with Crippen LogP contribution in [0.2, 0.25) is 0 Å². The number of halogens is 1. The van der Waals surface area contributed by atoms with Gasteiger partial charge in [0.15, 0.2) is 14.9 Å². The lowest BCUT2D eigenvalue weighted by Crippen LogP contribution is -2.26. The van der Waals surface area contributed by atoms with Crippen LogP contribution in [0.5, 0.6) is 0 Å². The maximum atomic E-state index is 12.3. The van der Waals surface area contributed by atoms with Crippen LogP contribution in [0, 0.1) is 0 Å². The van der Waals surface area contributed by atoms with Crippen molar-refractivity contribution in [3.8, 4) is 0 Å². The summed E-state index contributed by atoms with van der Waals surface area (Å²) in [6, 6.07) is 0. The molecule has 0 aromatic rings. The Kier molecular flexibility index (Phi) is 2.13. The van der Waals surface area contributed by atoms with Gasteiger partial charge in [0.25, 0.3) is 0 Å². The van der Waals surface area contributed by atoms with Crippen LogP contribution in [-0.2, 0) is 20.1 Å². The molecule has 82 valence electrons. The molecule has 0 amide bonds. The quantitative estimate of drug-likeness (QED) is 0.682. The molecule has 0 saturated carbocycles. The summed E-state index contributed by atoms with van der Waals surface area (Å²) < 4.78 is 56.1. The van der Waals surface area contributed by atoms with Gasteiger partial charge in [0.2, 0.25) is 0 Å². The second kappa shape index (κ2) is 3.02. The molecule has 4 nitrogen and oxygen atoms in total. The molecule has 0 unspecified atom stereocenters. The van der Waals surface area contributed by atoms with E-state index in [1.807, 2.05) is 0 Å². The van der Waals surface area contributed by atoms with Gasteiger partial charge in [-0.15, -0.1) is 3.89 Å². The van der Waals surface area contributed by atoms with Gasteiger partial charge in [0, 0.05) is 0 Å². The van der Waals surface area contributed by atoms with Crippen molar-refractivity contribution in [3.05, 3.63) is 35.5 Å². The second-order valence-electron chi connectivity index (χ2n) is 3.37. The predicted molar refractivity (Wildman–Crippen MR) is 52.9 cm³/mol. The number of hydrogen-bond donors (Lipinski definition) is 0. The van der Waals surface area contributed by atoms with Crippen LogP contribution in [-0.4, -0.2) is 27.2 Å². The van der Waals surface area contributed by atoms with Crippen molar-refractivity contribution in [2.45, 2.75) is 5.25 Å². The molecule has 0 aromatic heterocycles. The van der Waals surface area contributed by atoms with Gasteiger partial charge in [-0.2, -0.15) is 8.42 Å². The van der Waals surface area contributed by atoms with E-state index in [0.717, 1.165) is 0 Å². The first kappa shape index (κ1) is 10.6. The van der Waals surface area contributed by atoms with Gasteiger partial charge in [-0.1, -0.05) is 24.3 Å². The number of allylic oxidation sites excluding steroid dienone is 4. The highest BCUT2D eigenvalue weighted by Crippen LogP contribution is 2.35. The van der Waals surface area contributed by atoms with Gasteiger partial charge in [-0.25, -0.2) is 8.42 Å². The molecule has 2 bridgehead atoms. The molecule has 0 spiro atoms. The maximum absolute atomic E-state index is 12.3. The van der Waals surface area contributed by atoms with Crippen molar-refractivity contribution in [2.75, 3.05) is 5.08 Å². The van der Waals surface area contributed by atoms with Crippen LogP contribution in [0.3, 0.4) is 0 Å². The molecular formula is C8H7FO4S2. The third-order valence-electron chi connectivity index (χ3n) is 2.21. The molecule has 0 aliphatic heterocycles. The highest BCUT2D eigenvalue weighted by atomic mass is 32.3. The van der Waals surface area contributed by atoms with Gasteiger partial charge < -0.3 is 0 Å². The minimum atomic E-state index is -5.01. The predicted octanol–water partition coefficient (Wildman–Crippen LogP) is 0.463. The smallest absolute Gasteiger partial charge is 0.227 e. The Morgan fingerprint density at radius 3 is 1.87 bits per heavy atom.